The molecule has 1 aromatic rings. The molecule has 0 fully saturated rings. The van der Waals surface area contributed by atoms with Crippen LogP contribution in [-0.2, 0) is 30.4 Å². The molecule has 202 valence electrons. The largest absolute Gasteiger partial charge is 0.481 e. The quantitative estimate of drug-likeness (QED) is 0.0983. The summed E-state index contributed by atoms with van der Waals surface area (Å²) >= 11 is 1.46. The van der Waals surface area contributed by atoms with Crippen molar-refractivity contribution in [3.05, 3.63) is 18.2 Å². The van der Waals surface area contributed by atoms with Gasteiger partial charge in [-0.3, -0.25) is 19.2 Å². The zero-order valence-electron chi connectivity index (χ0n) is 20.1. The van der Waals surface area contributed by atoms with E-state index in [0.29, 0.717) is 37.3 Å². The molecule has 4 unspecified atom stereocenters. The van der Waals surface area contributed by atoms with E-state index in [-0.39, 0.29) is 12.8 Å². The number of rotatable bonds is 18. The summed E-state index contributed by atoms with van der Waals surface area (Å²) < 4.78 is 0. The molecular weight excluding hydrogens is 494 g/mol. The molecule has 0 aliphatic heterocycles. The molecule has 0 aliphatic carbocycles. The molecule has 0 radical (unpaired) electrons. The van der Waals surface area contributed by atoms with Crippen LogP contribution in [0.5, 0.6) is 0 Å². The van der Waals surface area contributed by atoms with Crippen LogP contribution in [-0.4, -0.2) is 92.6 Å². The number of carbonyl (C=O) groups excluding carboxylic acids is 3. The molecule has 1 rings (SSSR count). The molecule has 36 heavy (non-hydrogen) atoms. The second-order valence-electron chi connectivity index (χ2n) is 8.07. The Balaban J connectivity index is 3.00. The van der Waals surface area contributed by atoms with Crippen molar-refractivity contribution in [3.8, 4) is 0 Å². The molecule has 4 atom stereocenters. The molecule has 0 aromatic carbocycles. The number of aromatic nitrogens is 2. The molecule has 0 aliphatic rings. The first-order valence-corrected chi connectivity index (χ1v) is 12.8. The average molecular weight is 530 g/mol. The highest BCUT2D eigenvalue weighted by Gasteiger charge is 2.31. The smallest absolute Gasteiger partial charge is 0.326 e. The third-order valence-electron chi connectivity index (χ3n) is 5.15. The SMILES string of the molecule is CSCCC(NC(=O)C(N)CCCCN)C(=O)NC(Cc1cnc[nH]1)C(=O)NC(CC(=O)O)C(=O)O. The number of carboxylic acids is 2. The van der Waals surface area contributed by atoms with Gasteiger partial charge in [0.1, 0.15) is 18.1 Å². The monoisotopic (exact) mass is 529 g/mol. The number of hydrogen-bond donors (Lipinski definition) is 8. The number of aliphatic carboxylic acids is 2. The number of carbonyl (C=O) groups is 5. The molecule has 1 aromatic heterocycles. The Morgan fingerprint density at radius 2 is 1.64 bits per heavy atom. The highest BCUT2D eigenvalue weighted by molar-refractivity contribution is 7.98. The molecule has 15 heteroatoms. The van der Waals surface area contributed by atoms with Gasteiger partial charge in [-0.05, 0) is 37.8 Å². The third-order valence-corrected chi connectivity index (χ3v) is 5.80. The molecule has 0 bridgehead atoms. The maximum absolute atomic E-state index is 13.1. The van der Waals surface area contributed by atoms with Gasteiger partial charge in [0, 0.05) is 18.3 Å². The van der Waals surface area contributed by atoms with Crippen LogP contribution in [0.25, 0.3) is 0 Å². The number of hydrogen-bond acceptors (Lipinski definition) is 9. The van der Waals surface area contributed by atoms with Gasteiger partial charge in [-0.15, -0.1) is 0 Å². The van der Waals surface area contributed by atoms with E-state index in [2.05, 4.69) is 25.9 Å². The Bertz CT molecular complexity index is 869. The summed E-state index contributed by atoms with van der Waals surface area (Å²) in [4.78, 5) is 67.5. The number of amides is 3. The minimum Gasteiger partial charge on any atom is -0.481 e. The van der Waals surface area contributed by atoms with Gasteiger partial charge in [-0.2, -0.15) is 11.8 Å². The lowest BCUT2D eigenvalue weighted by Gasteiger charge is -2.25. The van der Waals surface area contributed by atoms with Crippen molar-refractivity contribution >= 4 is 41.4 Å². The van der Waals surface area contributed by atoms with Crippen molar-refractivity contribution in [1.82, 2.24) is 25.9 Å². The fraction of sp³-hybridized carbons (Fsp3) is 0.619. The fourth-order valence-electron chi connectivity index (χ4n) is 3.17. The summed E-state index contributed by atoms with van der Waals surface area (Å²) in [5.74, 6) is -4.52. The Morgan fingerprint density at radius 3 is 2.19 bits per heavy atom. The van der Waals surface area contributed by atoms with Crippen molar-refractivity contribution in [2.75, 3.05) is 18.6 Å². The maximum atomic E-state index is 13.1. The maximum Gasteiger partial charge on any atom is 0.326 e. The van der Waals surface area contributed by atoms with Crippen LogP contribution in [0, 0.1) is 0 Å². The number of thioether (sulfide) groups is 1. The fourth-order valence-corrected chi connectivity index (χ4v) is 3.64. The van der Waals surface area contributed by atoms with Crippen LogP contribution < -0.4 is 27.4 Å². The normalized spacial score (nSPS) is 14.2. The van der Waals surface area contributed by atoms with Crippen molar-refractivity contribution in [1.29, 1.82) is 0 Å². The van der Waals surface area contributed by atoms with Crippen molar-refractivity contribution in [3.63, 3.8) is 0 Å². The van der Waals surface area contributed by atoms with Gasteiger partial charge in [0.25, 0.3) is 0 Å². The summed E-state index contributed by atoms with van der Waals surface area (Å²) in [6, 6.07) is -4.82. The predicted molar refractivity (Wildman–Crippen MR) is 132 cm³/mol. The second-order valence-corrected chi connectivity index (χ2v) is 9.06. The third kappa shape index (κ3) is 11.5. The minimum absolute atomic E-state index is 0.0845. The molecule has 10 N–H and O–H groups in total. The van der Waals surface area contributed by atoms with E-state index >= 15 is 0 Å². The number of nitrogens with zero attached hydrogens (tertiary/aromatic N) is 1. The number of imidazole rings is 1. The van der Waals surface area contributed by atoms with Crippen LogP contribution in [0.15, 0.2) is 12.5 Å². The predicted octanol–water partition coefficient (Wildman–Crippen LogP) is -1.82. The Hall–Kier alpha value is -3.17. The van der Waals surface area contributed by atoms with Gasteiger partial charge < -0.3 is 42.6 Å². The van der Waals surface area contributed by atoms with E-state index in [9.17, 15) is 29.1 Å². The van der Waals surface area contributed by atoms with Gasteiger partial charge in [-0.1, -0.05) is 6.42 Å². The van der Waals surface area contributed by atoms with Gasteiger partial charge in [0.05, 0.1) is 18.8 Å². The van der Waals surface area contributed by atoms with Crippen LogP contribution >= 0.6 is 11.8 Å². The standard InChI is InChI=1S/C21H35N7O7S/c1-36-7-5-14(26-18(31)13(23)4-2-3-6-22)19(32)27-15(8-12-10-24-11-25-12)20(33)28-16(21(34)35)9-17(29)30/h10-11,13-16H,2-9,22-23H2,1H3,(H,24,25)(H,26,31)(H,27,32)(H,28,33)(H,29,30)(H,34,35). The number of nitrogens with one attached hydrogen (secondary N) is 4. The summed E-state index contributed by atoms with van der Waals surface area (Å²) in [5.41, 5.74) is 11.9. The number of nitrogens with two attached hydrogens (primary N) is 2. The van der Waals surface area contributed by atoms with E-state index in [0.717, 1.165) is 0 Å². The molecule has 0 spiro atoms. The van der Waals surface area contributed by atoms with Crippen molar-refractivity contribution < 1.29 is 34.2 Å². The van der Waals surface area contributed by atoms with E-state index < -0.39 is 60.2 Å². The topological polar surface area (TPSA) is 243 Å². The van der Waals surface area contributed by atoms with E-state index in [1.165, 1.54) is 24.3 Å². The zero-order valence-corrected chi connectivity index (χ0v) is 20.9. The lowest BCUT2D eigenvalue weighted by Crippen LogP contribution is -2.58. The minimum atomic E-state index is -1.70. The first kappa shape index (κ1) is 30.9. The number of carboxylic acid groups (broad SMARTS) is 2. The lowest BCUT2D eigenvalue weighted by atomic mass is 10.1. The second kappa shape index (κ2) is 16.5. The molecule has 1 heterocycles. The summed E-state index contributed by atoms with van der Waals surface area (Å²) in [6.45, 7) is 0.474. The molecule has 3 amide bonds. The van der Waals surface area contributed by atoms with E-state index in [1.807, 2.05) is 6.26 Å². The Labute approximate surface area is 212 Å². The summed E-state index contributed by atoms with van der Waals surface area (Å²) in [6.07, 6.45) is 5.70. The molecule has 14 nitrogen and oxygen atoms in total. The van der Waals surface area contributed by atoms with Crippen LogP contribution in [0.1, 0.15) is 37.8 Å². The van der Waals surface area contributed by atoms with Crippen LogP contribution in [0.2, 0.25) is 0 Å². The molecule has 0 saturated carbocycles. The number of aromatic amines is 1. The lowest BCUT2D eigenvalue weighted by molar-refractivity contribution is -0.147. The highest BCUT2D eigenvalue weighted by Crippen LogP contribution is 2.06. The highest BCUT2D eigenvalue weighted by atomic mass is 32.2. The van der Waals surface area contributed by atoms with Crippen LogP contribution in [0.3, 0.4) is 0 Å². The summed E-state index contributed by atoms with van der Waals surface area (Å²) in [5, 5.41) is 25.5. The zero-order chi connectivity index (χ0) is 27.1. The number of H-pyrrole nitrogens is 1. The van der Waals surface area contributed by atoms with Crippen LogP contribution in [0.4, 0.5) is 0 Å². The molecular formula is C21H35N7O7S. The van der Waals surface area contributed by atoms with E-state index in [4.69, 9.17) is 16.6 Å². The first-order chi connectivity index (χ1) is 17.1. The van der Waals surface area contributed by atoms with E-state index in [1.54, 1.807) is 0 Å². The van der Waals surface area contributed by atoms with Crippen molar-refractivity contribution in [2.45, 2.75) is 62.7 Å². The number of unbranched alkanes of at least 4 members (excludes halogenated alkanes) is 1. The van der Waals surface area contributed by atoms with Crippen molar-refractivity contribution in [2.24, 2.45) is 11.5 Å². The summed E-state index contributed by atoms with van der Waals surface area (Å²) in [7, 11) is 0. The van der Waals surface area contributed by atoms with Gasteiger partial charge >= 0.3 is 11.9 Å². The Kier molecular flexibility index (Phi) is 14.1. The van der Waals surface area contributed by atoms with Gasteiger partial charge in [0.2, 0.25) is 17.7 Å². The Morgan fingerprint density at radius 1 is 1.00 bits per heavy atom. The first-order valence-electron chi connectivity index (χ1n) is 11.4. The average Bonchev–Trinajstić information content (AvgIpc) is 3.33. The van der Waals surface area contributed by atoms with Gasteiger partial charge in [0.15, 0.2) is 0 Å². The van der Waals surface area contributed by atoms with Gasteiger partial charge in [-0.25, -0.2) is 9.78 Å². The molecule has 0 saturated heterocycles.